The Morgan fingerprint density at radius 3 is 2.64 bits per heavy atom. The van der Waals surface area contributed by atoms with Crippen molar-refractivity contribution in [1.82, 2.24) is 4.98 Å². The van der Waals surface area contributed by atoms with Crippen LogP contribution >= 0.6 is 0 Å². The van der Waals surface area contributed by atoms with Crippen molar-refractivity contribution in [2.24, 2.45) is 0 Å². The molecule has 1 aliphatic rings. The molecule has 1 aliphatic heterocycles. The van der Waals surface area contributed by atoms with Gasteiger partial charge in [0.25, 0.3) is 5.69 Å². The zero-order valence-corrected chi connectivity index (χ0v) is 11.6. The number of fused-ring (bicyclic) bond motifs is 3. The molecule has 0 bridgehead atoms. The highest BCUT2D eigenvalue weighted by Gasteiger charge is 2.20. The molecular formula is C17H12N2O3. The molecule has 0 fully saturated rings. The Labute approximate surface area is 126 Å². The highest BCUT2D eigenvalue weighted by atomic mass is 16.6. The largest absolute Gasteiger partial charge is 0.488 e. The Kier molecular flexibility index (Phi) is 2.72. The van der Waals surface area contributed by atoms with Gasteiger partial charge in [-0.15, -0.1) is 0 Å². The Bertz CT molecular complexity index is 866. The SMILES string of the molecule is O=[N+]([O-])c1ccc(-c2cc3c([nH]2)-c2ccccc2OC3)cc1. The van der Waals surface area contributed by atoms with Gasteiger partial charge in [0, 0.05) is 29.0 Å². The van der Waals surface area contributed by atoms with Crippen LogP contribution in [-0.4, -0.2) is 9.91 Å². The first-order valence-corrected chi connectivity index (χ1v) is 6.91. The summed E-state index contributed by atoms with van der Waals surface area (Å²) in [7, 11) is 0. The minimum atomic E-state index is -0.395. The van der Waals surface area contributed by atoms with Crippen LogP contribution in [0.4, 0.5) is 5.69 Å². The maximum Gasteiger partial charge on any atom is 0.269 e. The Morgan fingerprint density at radius 1 is 1.09 bits per heavy atom. The van der Waals surface area contributed by atoms with Crippen molar-refractivity contribution < 1.29 is 9.66 Å². The van der Waals surface area contributed by atoms with Crippen molar-refractivity contribution in [3.8, 4) is 28.3 Å². The lowest BCUT2D eigenvalue weighted by atomic mass is 10.0. The van der Waals surface area contributed by atoms with Crippen LogP contribution < -0.4 is 4.74 Å². The summed E-state index contributed by atoms with van der Waals surface area (Å²) < 4.78 is 5.74. The summed E-state index contributed by atoms with van der Waals surface area (Å²) >= 11 is 0. The van der Waals surface area contributed by atoms with Crippen molar-refractivity contribution in [3.05, 3.63) is 70.3 Å². The number of aromatic amines is 1. The molecule has 1 aromatic heterocycles. The number of non-ortho nitro benzene ring substituents is 1. The molecule has 2 aromatic carbocycles. The minimum Gasteiger partial charge on any atom is -0.488 e. The van der Waals surface area contributed by atoms with Gasteiger partial charge in [-0.3, -0.25) is 10.1 Å². The van der Waals surface area contributed by atoms with E-state index in [1.54, 1.807) is 12.1 Å². The molecular weight excluding hydrogens is 280 g/mol. The third-order valence-electron chi connectivity index (χ3n) is 3.83. The van der Waals surface area contributed by atoms with Gasteiger partial charge in [-0.2, -0.15) is 0 Å². The standard InChI is InChI=1S/C17H12N2O3/c20-19(21)13-7-5-11(6-8-13)15-9-12-10-22-16-4-2-1-3-14(16)17(12)18-15/h1-9,18H,10H2. The molecule has 5 nitrogen and oxygen atoms in total. The molecule has 0 atom stereocenters. The van der Waals surface area contributed by atoms with Crippen LogP contribution in [0.2, 0.25) is 0 Å². The van der Waals surface area contributed by atoms with Gasteiger partial charge in [0.05, 0.1) is 10.6 Å². The molecule has 2 heterocycles. The minimum absolute atomic E-state index is 0.0914. The number of nitro groups is 1. The van der Waals surface area contributed by atoms with Crippen LogP contribution in [0.25, 0.3) is 22.5 Å². The number of rotatable bonds is 2. The quantitative estimate of drug-likeness (QED) is 0.570. The molecule has 1 N–H and O–H groups in total. The lowest BCUT2D eigenvalue weighted by molar-refractivity contribution is -0.384. The molecule has 0 saturated carbocycles. The fourth-order valence-electron chi connectivity index (χ4n) is 2.72. The third-order valence-corrected chi connectivity index (χ3v) is 3.83. The molecule has 22 heavy (non-hydrogen) atoms. The van der Waals surface area contributed by atoms with Gasteiger partial charge >= 0.3 is 0 Å². The van der Waals surface area contributed by atoms with E-state index in [4.69, 9.17) is 4.74 Å². The van der Waals surface area contributed by atoms with Crippen molar-refractivity contribution in [1.29, 1.82) is 0 Å². The maximum absolute atomic E-state index is 10.7. The summed E-state index contributed by atoms with van der Waals surface area (Å²) in [4.78, 5) is 13.7. The maximum atomic E-state index is 10.7. The van der Waals surface area contributed by atoms with Gasteiger partial charge in [-0.1, -0.05) is 12.1 Å². The first-order valence-electron chi connectivity index (χ1n) is 6.91. The predicted molar refractivity (Wildman–Crippen MR) is 82.7 cm³/mol. The summed E-state index contributed by atoms with van der Waals surface area (Å²) in [6.07, 6.45) is 0. The molecule has 0 unspecified atom stereocenters. The topological polar surface area (TPSA) is 68.2 Å². The van der Waals surface area contributed by atoms with Gasteiger partial charge < -0.3 is 9.72 Å². The Hall–Kier alpha value is -3.08. The molecule has 0 saturated heterocycles. The lowest BCUT2D eigenvalue weighted by Crippen LogP contribution is -2.03. The third kappa shape index (κ3) is 1.95. The fourth-order valence-corrected chi connectivity index (χ4v) is 2.72. The monoisotopic (exact) mass is 292 g/mol. The molecule has 0 spiro atoms. The van der Waals surface area contributed by atoms with Crippen molar-refractivity contribution in [2.45, 2.75) is 6.61 Å². The number of hydrogen-bond donors (Lipinski definition) is 1. The molecule has 3 aromatic rings. The van der Waals surface area contributed by atoms with E-state index in [1.807, 2.05) is 30.3 Å². The van der Waals surface area contributed by atoms with E-state index in [2.05, 4.69) is 4.98 Å². The van der Waals surface area contributed by atoms with Crippen LogP contribution in [0.5, 0.6) is 5.75 Å². The average Bonchev–Trinajstić information content (AvgIpc) is 2.99. The summed E-state index contributed by atoms with van der Waals surface area (Å²) in [6.45, 7) is 0.524. The number of nitrogens with one attached hydrogen (secondary N) is 1. The van der Waals surface area contributed by atoms with Crippen LogP contribution in [0, 0.1) is 10.1 Å². The van der Waals surface area contributed by atoms with Crippen LogP contribution in [0.3, 0.4) is 0 Å². The van der Waals surface area contributed by atoms with E-state index in [0.29, 0.717) is 6.61 Å². The lowest BCUT2D eigenvalue weighted by Gasteiger charge is -2.16. The number of nitrogens with zero attached hydrogens (tertiary/aromatic N) is 1. The number of nitro benzene ring substituents is 1. The van der Waals surface area contributed by atoms with Gasteiger partial charge in [0.2, 0.25) is 0 Å². The second kappa shape index (κ2) is 4.73. The van der Waals surface area contributed by atoms with E-state index in [-0.39, 0.29) is 5.69 Å². The number of aromatic nitrogens is 1. The predicted octanol–water partition coefficient (Wildman–Crippen LogP) is 4.15. The first kappa shape index (κ1) is 12.6. The van der Waals surface area contributed by atoms with Gasteiger partial charge in [-0.25, -0.2) is 0 Å². The van der Waals surface area contributed by atoms with Crippen molar-refractivity contribution in [3.63, 3.8) is 0 Å². The van der Waals surface area contributed by atoms with Gasteiger partial charge in [0.15, 0.2) is 0 Å². The highest BCUT2D eigenvalue weighted by Crippen LogP contribution is 2.38. The summed E-state index contributed by atoms with van der Waals surface area (Å²) in [6, 6.07) is 16.5. The number of hydrogen-bond acceptors (Lipinski definition) is 3. The summed E-state index contributed by atoms with van der Waals surface area (Å²) in [5, 5.41) is 10.7. The van der Waals surface area contributed by atoms with Crippen molar-refractivity contribution >= 4 is 5.69 Å². The smallest absolute Gasteiger partial charge is 0.269 e. The van der Waals surface area contributed by atoms with Crippen LogP contribution in [0.15, 0.2) is 54.6 Å². The van der Waals surface area contributed by atoms with E-state index >= 15 is 0 Å². The summed E-state index contributed by atoms with van der Waals surface area (Å²) in [5.41, 5.74) is 5.12. The van der Waals surface area contributed by atoms with Crippen molar-refractivity contribution in [2.75, 3.05) is 0 Å². The Balaban J connectivity index is 1.77. The van der Waals surface area contributed by atoms with Crippen LogP contribution in [0.1, 0.15) is 5.56 Å². The van der Waals surface area contributed by atoms with E-state index in [9.17, 15) is 10.1 Å². The molecule has 108 valence electrons. The zero-order chi connectivity index (χ0) is 15.1. The molecule has 0 amide bonds. The number of benzene rings is 2. The molecule has 5 heteroatoms. The molecule has 4 rings (SSSR count). The van der Waals surface area contributed by atoms with E-state index < -0.39 is 4.92 Å². The highest BCUT2D eigenvalue weighted by molar-refractivity contribution is 5.77. The normalized spacial score (nSPS) is 12.2. The average molecular weight is 292 g/mol. The van der Waals surface area contributed by atoms with Gasteiger partial charge in [-0.05, 0) is 35.9 Å². The molecule has 0 radical (unpaired) electrons. The first-order chi connectivity index (χ1) is 10.7. The number of ether oxygens (including phenoxy) is 1. The number of para-hydroxylation sites is 1. The number of H-pyrrole nitrogens is 1. The van der Waals surface area contributed by atoms with E-state index in [0.717, 1.165) is 33.8 Å². The van der Waals surface area contributed by atoms with Crippen LogP contribution in [-0.2, 0) is 6.61 Å². The second-order valence-electron chi connectivity index (χ2n) is 5.17. The second-order valence-corrected chi connectivity index (χ2v) is 5.17. The Morgan fingerprint density at radius 2 is 1.86 bits per heavy atom. The van der Waals surface area contributed by atoms with E-state index in [1.165, 1.54) is 12.1 Å². The summed E-state index contributed by atoms with van der Waals surface area (Å²) in [5.74, 6) is 0.868. The molecule has 0 aliphatic carbocycles. The fraction of sp³-hybridized carbons (Fsp3) is 0.0588. The zero-order valence-electron chi connectivity index (χ0n) is 11.6. The van der Waals surface area contributed by atoms with Gasteiger partial charge in [0.1, 0.15) is 12.4 Å².